The standard InChI is InChI=1S/C35H37N9O3S/c1-42-22-37-33(41-42)25-6-4-23(5-7-25)24-11-15-44(16-12-24)31(45)20-43-17-13-35(21-43,48-3)34(46)38-27-8-9-29-28(19-27)32(40-39-29)26-10-14-36-30(18-26)47-2/h4-11,14,18-19,22H,12-13,15-17,20-21H2,1-3H3,(H,38,46)(H,39,40). The van der Waals surface area contributed by atoms with E-state index >= 15 is 0 Å². The summed E-state index contributed by atoms with van der Waals surface area (Å²) >= 11 is 1.55. The average molecular weight is 664 g/mol. The first kappa shape index (κ1) is 31.6. The molecule has 1 atom stereocenters. The van der Waals surface area contributed by atoms with Crippen LogP contribution >= 0.6 is 11.8 Å². The number of aromatic amines is 1. The third kappa shape index (κ3) is 6.30. The number of benzene rings is 2. The first-order valence-corrected chi connectivity index (χ1v) is 17.1. The Morgan fingerprint density at radius 3 is 2.60 bits per heavy atom. The predicted molar refractivity (Wildman–Crippen MR) is 187 cm³/mol. The van der Waals surface area contributed by atoms with Crippen LogP contribution in [0.15, 0.2) is 73.2 Å². The van der Waals surface area contributed by atoms with E-state index in [1.807, 2.05) is 60.7 Å². The Hall–Kier alpha value is -5.01. The van der Waals surface area contributed by atoms with Crippen LogP contribution in [0.3, 0.4) is 0 Å². The molecule has 7 rings (SSSR count). The highest BCUT2D eigenvalue weighted by Crippen LogP contribution is 2.36. The highest BCUT2D eigenvalue weighted by atomic mass is 32.2. The summed E-state index contributed by atoms with van der Waals surface area (Å²) in [7, 11) is 3.43. The SMILES string of the molecule is COc1cc(-c2n[nH]c3ccc(NC(=O)C4(SC)CCN(CC(=O)N5CC=C(c6ccc(-c7ncn(C)n7)cc6)CC5)C4)cc23)ccn1. The number of ether oxygens (including phenoxy) is 1. The van der Waals surface area contributed by atoms with Crippen LogP contribution in [0.5, 0.6) is 5.88 Å². The zero-order chi connectivity index (χ0) is 33.3. The normalized spacial score (nSPS) is 18.2. The molecule has 1 fully saturated rings. The van der Waals surface area contributed by atoms with Crippen molar-refractivity contribution in [2.75, 3.05) is 51.4 Å². The van der Waals surface area contributed by atoms with Gasteiger partial charge in [0.2, 0.25) is 17.7 Å². The predicted octanol–water partition coefficient (Wildman–Crippen LogP) is 4.49. The third-order valence-corrected chi connectivity index (χ3v) is 10.5. The van der Waals surface area contributed by atoms with Crippen molar-refractivity contribution >= 4 is 45.7 Å². The molecule has 5 aromatic rings. The Labute approximate surface area is 282 Å². The maximum atomic E-state index is 13.8. The fourth-order valence-electron chi connectivity index (χ4n) is 6.42. The second-order valence-corrected chi connectivity index (χ2v) is 13.4. The molecule has 2 aliphatic rings. The van der Waals surface area contributed by atoms with Crippen molar-refractivity contribution in [3.8, 4) is 28.5 Å². The Morgan fingerprint density at radius 1 is 1.04 bits per heavy atom. The van der Waals surface area contributed by atoms with Crippen molar-refractivity contribution in [2.45, 2.75) is 17.6 Å². The van der Waals surface area contributed by atoms with E-state index in [1.165, 1.54) is 5.57 Å². The molecule has 12 nitrogen and oxygen atoms in total. The number of aromatic nitrogens is 6. The number of nitrogens with one attached hydrogen (secondary N) is 2. The summed E-state index contributed by atoms with van der Waals surface area (Å²) in [5.74, 6) is 1.23. The van der Waals surface area contributed by atoms with Gasteiger partial charge < -0.3 is 15.0 Å². The van der Waals surface area contributed by atoms with Gasteiger partial charge in [0.15, 0.2) is 5.82 Å². The van der Waals surface area contributed by atoms with Crippen LogP contribution in [0.25, 0.3) is 39.1 Å². The third-order valence-electron chi connectivity index (χ3n) is 9.19. The lowest BCUT2D eigenvalue weighted by molar-refractivity contribution is -0.132. The smallest absolute Gasteiger partial charge is 0.241 e. The molecular formula is C35H37N9O3S. The lowest BCUT2D eigenvalue weighted by Gasteiger charge is -2.29. The molecular weight excluding hydrogens is 627 g/mol. The molecule has 246 valence electrons. The van der Waals surface area contributed by atoms with Crippen LogP contribution in [0.2, 0.25) is 0 Å². The molecule has 48 heavy (non-hydrogen) atoms. The number of carbonyl (C=O) groups excluding carboxylic acids is 2. The quantitative estimate of drug-likeness (QED) is 0.234. The molecule has 0 saturated carbocycles. The molecule has 2 N–H and O–H groups in total. The number of nitrogens with zero attached hydrogens (tertiary/aromatic N) is 7. The number of rotatable bonds is 9. The summed E-state index contributed by atoms with van der Waals surface area (Å²) in [5.41, 5.74) is 6.53. The van der Waals surface area contributed by atoms with Gasteiger partial charge in [-0.15, -0.1) is 11.8 Å². The van der Waals surface area contributed by atoms with Crippen LogP contribution in [0.1, 0.15) is 18.4 Å². The van der Waals surface area contributed by atoms with E-state index in [-0.39, 0.29) is 11.8 Å². The minimum Gasteiger partial charge on any atom is -0.481 e. The molecule has 0 radical (unpaired) electrons. The van der Waals surface area contributed by atoms with Crippen LogP contribution in [0, 0.1) is 0 Å². The fraction of sp³-hybridized carbons (Fsp3) is 0.314. The van der Waals surface area contributed by atoms with Gasteiger partial charge in [0.05, 0.1) is 19.2 Å². The number of methoxy groups -OCH3 is 1. The van der Waals surface area contributed by atoms with Gasteiger partial charge in [-0.25, -0.2) is 9.97 Å². The highest BCUT2D eigenvalue weighted by molar-refractivity contribution is 8.00. The second-order valence-electron chi connectivity index (χ2n) is 12.2. The van der Waals surface area contributed by atoms with E-state index in [9.17, 15) is 9.59 Å². The van der Waals surface area contributed by atoms with Gasteiger partial charge in [0.25, 0.3) is 0 Å². The number of fused-ring (bicyclic) bond motifs is 1. The highest BCUT2D eigenvalue weighted by Gasteiger charge is 2.44. The Balaban J connectivity index is 0.963. The molecule has 0 bridgehead atoms. The van der Waals surface area contributed by atoms with E-state index in [4.69, 9.17) is 4.74 Å². The maximum Gasteiger partial charge on any atom is 0.241 e. The summed E-state index contributed by atoms with van der Waals surface area (Å²) in [4.78, 5) is 39.7. The lowest BCUT2D eigenvalue weighted by atomic mass is 9.98. The van der Waals surface area contributed by atoms with Crippen LogP contribution in [-0.2, 0) is 16.6 Å². The van der Waals surface area contributed by atoms with Crippen molar-refractivity contribution in [1.82, 2.24) is 39.7 Å². The monoisotopic (exact) mass is 663 g/mol. The molecule has 0 aliphatic carbocycles. The van der Waals surface area contributed by atoms with E-state index in [0.717, 1.165) is 39.7 Å². The van der Waals surface area contributed by atoms with Gasteiger partial charge in [0, 0.05) is 67.7 Å². The Morgan fingerprint density at radius 2 is 1.88 bits per heavy atom. The molecule has 1 saturated heterocycles. The minimum atomic E-state index is -0.654. The van der Waals surface area contributed by atoms with Gasteiger partial charge >= 0.3 is 0 Å². The average Bonchev–Trinajstić information content (AvgIpc) is 3.87. The van der Waals surface area contributed by atoms with E-state index in [1.54, 1.807) is 36.1 Å². The number of likely N-dealkylation sites (tertiary alicyclic amines) is 1. The van der Waals surface area contributed by atoms with Crippen molar-refractivity contribution in [1.29, 1.82) is 0 Å². The number of aryl methyl sites for hydroxylation is 1. The first-order chi connectivity index (χ1) is 23.3. The van der Waals surface area contributed by atoms with E-state index in [0.29, 0.717) is 56.5 Å². The Kier molecular flexibility index (Phi) is 8.71. The summed E-state index contributed by atoms with van der Waals surface area (Å²) in [6.07, 6.45) is 8.94. The van der Waals surface area contributed by atoms with Gasteiger partial charge in [-0.2, -0.15) is 10.2 Å². The molecule has 0 spiro atoms. The number of hydrogen-bond donors (Lipinski definition) is 2. The number of hydrogen-bond acceptors (Lipinski definition) is 9. The van der Waals surface area contributed by atoms with Crippen LogP contribution < -0.4 is 10.1 Å². The van der Waals surface area contributed by atoms with E-state index in [2.05, 4.69) is 53.7 Å². The van der Waals surface area contributed by atoms with Gasteiger partial charge in [0.1, 0.15) is 16.8 Å². The number of thioether (sulfide) groups is 1. The molecule has 5 heterocycles. The van der Waals surface area contributed by atoms with Crippen LogP contribution in [0.4, 0.5) is 5.69 Å². The Bertz CT molecular complexity index is 2000. The van der Waals surface area contributed by atoms with Gasteiger partial charge in [-0.3, -0.25) is 24.3 Å². The second kappa shape index (κ2) is 13.2. The zero-order valence-corrected chi connectivity index (χ0v) is 28.0. The van der Waals surface area contributed by atoms with Gasteiger partial charge in [-0.1, -0.05) is 30.3 Å². The molecule has 2 aliphatic heterocycles. The number of anilines is 1. The number of amides is 2. The largest absolute Gasteiger partial charge is 0.481 e. The first-order valence-electron chi connectivity index (χ1n) is 15.8. The summed E-state index contributed by atoms with van der Waals surface area (Å²) < 4.78 is 6.32. The molecule has 3 aromatic heterocycles. The minimum absolute atomic E-state index is 0.0599. The van der Waals surface area contributed by atoms with Crippen molar-refractivity contribution in [2.24, 2.45) is 7.05 Å². The summed E-state index contributed by atoms with van der Waals surface area (Å²) in [6.45, 7) is 2.73. The molecule has 13 heteroatoms. The number of carbonyl (C=O) groups is 2. The fourth-order valence-corrected chi connectivity index (χ4v) is 7.26. The van der Waals surface area contributed by atoms with Crippen molar-refractivity contribution in [3.63, 3.8) is 0 Å². The van der Waals surface area contributed by atoms with Crippen molar-refractivity contribution in [3.05, 3.63) is 78.8 Å². The molecule has 2 aromatic carbocycles. The maximum absolute atomic E-state index is 13.8. The summed E-state index contributed by atoms with van der Waals surface area (Å²) in [5, 5.41) is 16.0. The van der Waals surface area contributed by atoms with Gasteiger partial charge in [-0.05, 0) is 54.5 Å². The molecule has 2 amide bonds. The lowest BCUT2D eigenvalue weighted by Crippen LogP contribution is -2.45. The van der Waals surface area contributed by atoms with Crippen LogP contribution in [-0.4, -0.2) is 102 Å². The summed E-state index contributed by atoms with van der Waals surface area (Å²) in [6, 6.07) is 17.7. The van der Waals surface area contributed by atoms with E-state index < -0.39 is 4.75 Å². The number of H-pyrrole nitrogens is 1. The topological polar surface area (TPSA) is 134 Å². The molecule has 1 unspecified atom stereocenters. The van der Waals surface area contributed by atoms with Crippen molar-refractivity contribution < 1.29 is 14.3 Å². The zero-order valence-electron chi connectivity index (χ0n) is 27.1. The number of pyridine rings is 1.